The van der Waals surface area contributed by atoms with Crippen LogP contribution in [-0.2, 0) is 17.8 Å². The van der Waals surface area contributed by atoms with Gasteiger partial charge in [0.05, 0.1) is 5.69 Å². The fourth-order valence-corrected chi connectivity index (χ4v) is 3.12. The normalized spacial score (nSPS) is 17.6. The fourth-order valence-electron chi connectivity index (χ4n) is 3.12. The van der Waals surface area contributed by atoms with E-state index in [0.29, 0.717) is 6.54 Å². The molecule has 1 aliphatic rings. The Balaban J connectivity index is 1.66. The first-order valence-corrected chi connectivity index (χ1v) is 8.86. The quantitative estimate of drug-likeness (QED) is 0.776. The summed E-state index contributed by atoms with van der Waals surface area (Å²) in [4.78, 5) is 20.5. The van der Waals surface area contributed by atoms with Crippen LogP contribution in [0.25, 0.3) is 0 Å². The van der Waals surface area contributed by atoms with Crippen molar-refractivity contribution in [1.82, 2.24) is 14.8 Å². The zero-order valence-electron chi connectivity index (χ0n) is 14.7. The minimum Gasteiger partial charge on any atom is -0.445 e. The van der Waals surface area contributed by atoms with E-state index in [1.807, 2.05) is 49.5 Å². The number of hydrogen-bond acceptors (Lipinski definition) is 4. The van der Waals surface area contributed by atoms with Crippen molar-refractivity contribution < 1.29 is 9.53 Å². The number of cyclic esters (lactones) is 1. The number of amides is 1. The van der Waals surface area contributed by atoms with E-state index in [4.69, 9.17) is 4.74 Å². The number of ether oxygens (including phenoxy) is 1. The van der Waals surface area contributed by atoms with Crippen molar-refractivity contribution in [3.8, 4) is 0 Å². The molecule has 25 heavy (non-hydrogen) atoms. The van der Waals surface area contributed by atoms with Gasteiger partial charge >= 0.3 is 6.09 Å². The molecule has 3 rings (SSSR count). The molecule has 1 aromatic heterocycles. The number of pyridine rings is 1. The van der Waals surface area contributed by atoms with Crippen LogP contribution in [0.5, 0.6) is 0 Å². The molecule has 0 N–H and O–H groups in total. The second kappa shape index (κ2) is 8.62. The number of hydrogen-bond donors (Lipinski definition) is 0. The Hall–Kier alpha value is -2.40. The van der Waals surface area contributed by atoms with Crippen molar-refractivity contribution in [2.24, 2.45) is 0 Å². The lowest BCUT2D eigenvalue weighted by Crippen LogP contribution is -2.45. The van der Waals surface area contributed by atoms with Gasteiger partial charge in [-0.15, -0.1) is 0 Å². The summed E-state index contributed by atoms with van der Waals surface area (Å²) in [5.41, 5.74) is 2.27. The highest BCUT2D eigenvalue weighted by molar-refractivity contribution is 5.68. The van der Waals surface area contributed by atoms with Crippen LogP contribution in [0.3, 0.4) is 0 Å². The number of benzene rings is 1. The second-order valence-electron chi connectivity index (χ2n) is 6.35. The van der Waals surface area contributed by atoms with Gasteiger partial charge in [-0.25, -0.2) is 4.79 Å². The van der Waals surface area contributed by atoms with Gasteiger partial charge in [-0.3, -0.25) is 9.88 Å². The zero-order valence-corrected chi connectivity index (χ0v) is 14.7. The molecule has 132 valence electrons. The SMILES string of the molecule is CCN1CC[C@@H](CN(Cc2ccccc2)Cc2ccccn2)OC1=O. The Morgan fingerprint density at radius 1 is 1.16 bits per heavy atom. The molecule has 1 saturated heterocycles. The molecule has 0 spiro atoms. The minimum absolute atomic E-state index is 0.0669. The van der Waals surface area contributed by atoms with Crippen LogP contribution in [-0.4, -0.2) is 46.6 Å². The zero-order chi connectivity index (χ0) is 17.5. The highest BCUT2D eigenvalue weighted by Gasteiger charge is 2.27. The predicted octanol–water partition coefficient (Wildman–Crippen LogP) is 3.31. The summed E-state index contributed by atoms with van der Waals surface area (Å²) >= 11 is 0. The lowest BCUT2D eigenvalue weighted by molar-refractivity contribution is 0.00705. The van der Waals surface area contributed by atoms with Gasteiger partial charge in [0.2, 0.25) is 0 Å². The highest BCUT2D eigenvalue weighted by atomic mass is 16.6. The van der Waals surface area contributed by atoms with Crippen molar-refractivity contribution in [2.75, 3.05) is 19.6 Å². The van der Waals surface area contributed by atoms with Crippen molar-refractivity contribution >= 4 is 6.09 Å². The van der Waals surface area contributed by atoms with Crippen molar-refractivity contribution in [3.05, 3.63) is 66.0 Å². The van der Waals surface area contributed by atoms with Crippen LogP contribution in [0.15, 0.2) is 54.7 Å². The number of carbonyl (C=O) groups is 1. The lowest BCUT2D eigenvalue weighted by atomic mass is 10.1. The molecule has 1 aromatic carbocycles. The molecule has 0 aliphatic carbocycles. The molecule has 1 amide bonds. The Kier molecular flexibility index (Phi) is 6.01. The molecule has 0 saturated carbocycles. The van der Waals surface area contributed by atoms with Crippen LogP contribution in [0, 0.1) is 0 Å². The predicted molar refractivity (Wildman–Crippen MR) is 96.9 cm³/mol. The molecule has 5 heteroatoms. The molecule has 5 nitrogen and oxygen atoms in total. The lowest BCUT2D eigenvalue weighted by Gasteiger charge is -2.34. The van der Waals surface area contributed by atoms with Crippen molar-refractivity contribution in [3.63, 3.8) is 0 Å². The van der Waals surface area contributed by atoms with E-state index in [2.05, 4.69) is 22.0 Å². The van der Waals surface area contributed by atoms with Gasteiger partial charge in [-0.05, 0) is 24.6 Å². The standard InChI is InChI=1S/C20H25N3O2/c1-2-23-13-11-19(25-20(23)24)16-22(14-17-8-4-3-5-9-17)15-18-10-6-7-12-21-18/h3-10,12,19H,2,11,13-16H2,1H3/t19-/m0/s1. The third-order valence-electron chi connectivity index (χ3n) is 4.45. The van der Waals surface area contributed by atoms with E-state index in [1.165, 1.54) is 5.56 Å². The van der Waals surface area contributed by atoms with Crippen LogP contribution in [0.1, 0.15) is 24.6 Å². The first-order valence-electron chi connectivity index (χ1n) is 8.86. The van der Waals surface area contributed by atoms with Crippen LogP contribution < -0.4 is 0 Å². The molecule has 1 fully saturated rings. The van der Waals surface area contributed by atoms with Crippen molar-refractivity contribution in [2.45, 2.75) is 32.5 Å². The maximum Gasteiger partial charge on any atom is 0.410 e. The van der Waals surface area contributed by atoms with E-state index < -0.39 is 0 Å². The van der Waals surface area contributed by atoms with Gasteiger partial charge < -0.3 is 9.64 Å². The molecule has 2 aromatic rings. The van der Waals surface area contributed by atoms with Crippen molar-refractivity contribution in [1.29, 1.82) is 0 Å². The van der Waals surface area contributed by atoms with Gasteiger partial charge in [0, 0.05) is 45.3 Å². The van der Waals surface area contributed by atoms with Crippen LogP contribution in [0.2, 0.25) is 0 Å². The molecular formula is C20H25N3O2. The number of aromatic nitrogens is 1. The first-order chi connectivity index (χ1) is 12.2. The maximum atomic E-state index is 12.0. The number of nitrogens with zero attached hydrogens (tertiary/aromatic N) is 3. The third kappa shape index (κ3) is 5.03. The molecular weight excluding hydrogens is 314 g/mol. The highest BCUT2D eigenvalue weighted by Crippen LogP contribution is 2.16. The molecule has 0 radical (unpaired) electrons. The van der Waals surface area contributed by atoms with E-state index in [-0.39, 0.29) is 12.2 Å². The first kappa shape index (κ1) is 17.4. The van der Waals surface area contributed by atoms with E-state index in [0.717, 1.165) is 38.3 Å². The van der Waals surface area contributed by atoms with Gasteiger partial charge in [-0.2, -0.15) is 0 Å². The molecule has 1 aliphatic heterocycles. The average Bonchev–Trinajstić information content (AvgIpc) is 2.63. The van der Waals surface area contributed by atoms with Gasteiger partial charge in [0.1, 0.15) is 6.10 Å². The van der Waals surface area contributed by atoms with Gasteiger partial charge in [0.15, 0.2) is 0 Å². The van der Waals surface area contributed by atoms with E-state index >= 15 is 0 Å². The Labute approximate surface area is 149 Å². The average molecular weight is 339 g/mol. The minimum atomic E-state index is -0.198. The van der Waals surface area contributed by atoms with E-state index in [9.17, 15) is 4.79 Å². The number of carbonyl (C=O) groups excluding carboxylic acids is 1. The van der Waals surface area contributed by atoms with Gasteiger partial charge in [-0.1, -0.05) is 36.4 Å². The maximum absolute atomic E-state index is 12.0. The molecule has 0 unspecified atom stereocenters. The smallest absolute Gasteiger partial charge is 0.410 e. The Bertz CT molecular complexity index is 622. The summed E-state index contributed by atoms with van der Waals surface area (Å²) in [5, 5.41) is 0. The summed E-state index contributed by atoms with van der Waals surface area (Å²) in [6.45, 7) is 5.71. The summed E-state index contributed by atoms with van der Waals surface area (Å²) in [6.07, 6.45) is 2.42. The summed E-state index contributed by atoms with van der Waals surface area (Å²) in [5.74, 6) is 0. The monoisotopic (exact) mass is 339 g/mol. The van der Waals surface area contributed by atoms with E-state index in [1.54, 1.807) is 4.90 Å². The van der Waals surface area contributed by atoms with Crippen LogP contribution in [0.4, 0.5) is 4.79 Å². The van der Waals surface area contributed by atoms with Gasteiger partial charge in [0.25, 0.3) is 0 Å². The Morgan fingerprint density at radius 2 is 1.96 bits per heavy atom. The summed E-state index contributed by atoms with van der Waals surface area (Å²) < 4.78 is 5.62. The topological polar surface area (TPSA) is 45.7 Å². The molecule has 2 heterocycles. The second-order valence-corrected chi connectivity index (χ2v) is 6.35. The largest absolute Gasteiger partial charge is 0.445 e. The summed E-state index contributed by atoms with van der Waals surface area (Å²) in [7, 11) is 0. The molecule has 1 atom stereocenters. The summed E-state index contributed by atoms with van der Waals surface area (Å²) in [6, 6.07) is 16.3. The Morgan fingerprint density at radius 3 is 2.64 bits per heavy atom. The third-order valence-corrected chi connectivity index (χ3v) is 4.45. The van der Waals surface area contributed by atoms with Crippen LogP contribution >= 0.6 is 0 Å². The molecule has 0 bridgehead atoms. The number of rotatable bonds is 7. The fraction of sp³-hybridized carbons (Fsp3) is 0.400.